The Morgan fingerprint density at radius 3 is 2.21 bits per heavy atom. The minimum Gasteiger partial charge on any atom is -0.508 e. The summed E-state index contributed by atoms with van der Waals surface area (Å²) in [5.74, 6) is -0.649. The summed E-state index contributed by atoms with van der Waals surface area (Å²) in [6.45, 7) is 3.80. The van der Waals surface area contributed by atoms with Gasteiger partial charge in [0.15, 0.2) is 0 Å². The van der Waals surface area contributed by atoms with Gasteiger partial charge in [0, 0.05) is 6.42 Å². The van der Waals surface area contributed by atoms with Crippen LogP contribution in [0.5, 0.6) is 5.75 Å². The predicted octanol–water partition coefficient (Wildman–Crippen LogP) is 3.30. The maximum absolute atomic E-state index is 11.0. The van der Waals surface area contributed by atoms with Gasteiger partial charge in [-0.25, -0.2) is 4.79 Å². The molecule has 0 atom stereocenters. The molecular formula is C16H16O3. The average Bonchev–Trinajstić information content (AvgIpc) is 2.35. The second-order valence-electron chi connectivity index (χ2n) is 4.70. The molecule has 0 saturated heterocycles. The van der Waals surface area contributed by atoms with Gasteiger partial charge in [0.1, 0.15) is 5.75 Å². The summed E-state index contributed by atoms with van der Waals surface area (Å²) in [6.07, 6.45) is 0.601. The molecule has 98 valence electrons. The van der Waals surface area contributed by atoms with E-state index in [2.05, 4.69) is 0 Å². The van der Waals surface area contributed by atoms with Crippen molar-refractivity contribution in [1.29, 1.82) is 0 Å². The minimum atomic E-state index is -0.916. The van der Waals surface area contributed by atoms with Crippen LogP contribution in [-0.4, -0.2) is 16.2 Å². The van der Waals surface area contributed by atoms with Gasteiger partial charge < -0.3 is 10.2 Å². The minimum absolute atomic E-state index is 0.267. The number of benzene rings is 2. The number of aryl methyl sites for hydroxylation is 2. The van der Waals surface area contributed by atoms with Gasteiger partial charge in [-0.1, -0.05) is 18.2 Å². The quantitative estimate of drug-likeness (QED) is 0.885. The smallest absolute Gasteiger partial charge is 0.335 e. The Morgan fingerprint density at radius 1 is 1.11 bits per heavy atom. The van der Waals surface area contributed by atoms with Crippen LogP contribution >= 0.6 is 0 Å². The van der Waals surface area contributed by atoms with E-state index in [9.17, 15) is 9.90 Å². The normalized spacial score (nSPS) is 10.4. The van der Waals surface area contributed by atoms with Crippen LogP contribution in [0.2, 0.25) is 0 Å². The van der Waals surface area contributed by atoms with Gasteiger partial charge in [0.25, 0.3) is 0 Å². The number of para-hydroxylation sites is 1. The number of phenolic OH excluding ortho intramolecular Hbond substituents is 1. The second-order valence-corrected chi connectivity index (χ2v) is 4.70. The van der Waals surface area contributed by atoms with E-state index in [1.54, 1.807) is 24.3 Å². The van der Waals surface area contributed by atoms with Crippen LogP contribution in [0, 0.1) is 13.8 Å². The molecule has 0 bridgehead atoms. The lowest BCUT2D eigenvalue weighted by Crippen LogP contribution is -2.02. The van der Waals surface area contributed by atoms with Crippen LogP contribution in [-0.2, 0) is 6.42 Å². The molecule has 19 heavy (non-hydrogen) atoms. The molecule has 0 saturated carbocycles. The summed E-state index contributed by atoms with van der Waals surface area (Å²) in [5, 5.41) is 18.8. The fourth-order valence-electron chi connectivity index (χ4n) is 2.25. The van der Waals surface area contributed by atoms with E-state index in [1.165, 1.54) is 0 Å². The van der Waals surface area contributed by atoms with E-state index < -0.39 is 5.97 Å². The van der Waals surface area contributed by atoms with Crippen LogP contribution in [0.3, 0.4) is 0 Å². The number of phenols is 1. The van der Waals surface area contributed by atoms with Gasteiger partial charge in [-0.15, -0.1) is 0 Å². The molecule has 3 heteroatoms. The molecule has 2 aromatic carbocycles. The summed E-state index contributed by atoms with van der Waals surface area (Å²) < 4.78 is 0. The molecule has 0 aliphatic rings. The molecule has 0 aliphatic heterocycles. The van der Waals surface area contributed by atoms with Crippen molar-refractivity contribution in [3.63, 3.8) is 0 Å². The highest BCUT2D eigenvalue weighted by molar-refractivity contribution is 5.88. The van der Waals surface area contributed by atoms with E-state index in [0.717, 1.165) is 22.3 Å². The van der Waals surface area contributed by atoms with E-state index in [0.29, 0.717) is 12.0 Å². The number of hydrogen-bond donors (Lipinski definition) is 2. The Bertz CT molecular complexity index is 607. The molecule has 0 spiro atoms. The number of rotatable bonds is 3. The van der Waals surface area contributed by atoms with Crippen LogP contribution in [0.4, 0.5) is 0 Å². The first-order valence-electron chi connectivity index (χ1n) is 6.09. The van der Waals surface area contributed by atoms with Crippen LogP contribution in [0.25, 0.3) is 0 Å². The van der Waals surface area contributed by atoms with Crippen molar-refractivity contribution < 1.29 is 15.0 Å². The molecule has 0 aromatic heterocycles. The maximum Gasteiger partial charge on any atom is 0.335 e. The van der Waals surface area contributed by atoms with Crippen molar-refractivity contribution >= 4 is 5.97 Å². The average molecular weight is 256 g/mol. The van der Waals surface area contributed by atoms with Gasteiger partial charge in [-0.05, 0) is 54.3 Å². The van der Waals surface area contributed by atoms with Gasteiger partial charge in [0.05, 0.1) is 5.56 Å². The van der Waals surface area contributed by atoms with Gasteiger partial charge in [-0.3, -0.25) is 0 Å². The lowest BCUT2D eigenvalue weighted by Gasteiger charge is -2.12. The van der Waals surface area contributed by atoms with Gasteiger partial charge in [-0.2, -0.15) is 0 Å². The summed E-state index contributed by atoms with van der Waals surface area (Å²) in [5.41, 5.74) is 4.07. The van der Waals surface area contributed by atoms with Crippen LogP contribution < -0.4 is 0 Å². The molecule has 0 unspecified atom stereocenters. The topological polar surface area (TPSA) is 57.5 Å². The van der Waals surface area contributed by atoms with E-state index in [4.69, 9.17) is 5.11 Å². The molecule has 0 amide bonds. The van der Waals surface area contributed by atoms with Crippen molar-refractivity contribution in [2.75, 3.05) is 0 Å². The zero-order valence-corrected chi connectivity index (χ0v) is 11.0. The number of aromatic hydroxyl groups is 1. The lowest BCUT2D eigenvalue weighted by molar-refractivity contribution is 0.0696. The highest BCUT2D eigenvalue weighted by Crippen LogP contribution is 2.24. The molecule has 2 rings (SSSR count). The van der Waals surface area contributed by atoms with Crippen molar-refractivity contribution in [3.8, 4) is 5.75 Å². The molecule has 2 N–H and O–H groups in total. The van der Waals surface area contributed by atoms with Crippen LogP contribution in [0.1, 0.15) is 32.6 Å². The third-order valence-electron chi connectivity index (χ3n) is 3.30. The third-order valence-corrected chi connectivity index (χ3v) is 3.30. The molecule has 0 fully saturated rings. The highest BCUT2D eigenvalue weighted by Gasteiger charge is 2.11. The van der Waals surface area contributed by atoms with Crippen molar-refractivity contribution in [1.82, 2.24) is 0 Å². The molecule has 2 aromatic rings. The SMILES string of the molecule is Cc1cc(C(=O)O)cc(C)c1Cc1ccccc1O. The largest absolute Gasteiger partial charge is 0.508 e. The summed E-state index contributed by atoms with van der Waals surface area (Å²) in [4.78, 5) is 11.0. The Hall–Kier alpha value is -2.29. The summed E-state index contributed by atoms with van der Waals surface area (Å²) in [6, 6.07) is 10.5. The Balaban J connectivity index is 2.42. The lowest BCUT2D eigenvalue weighted by atomic mass is 9.93. The first kappa shape index (κ1) is 13.1. The van der Waals surface area contributed by atoms with Gasteiger partial charge in [0.2, 0.25) is 0 Å². The number of hydrogen-bond acceptors (Lipinski definition) is 2. The summed E-state index contributed by atoms with van der Waals surface area (Å²) in [7, 11) is 0. The molecule has 0 heterocycles. The fourth-order valence-corrected chi connectivity index (χ4v) is 2.25. The third kappa shape index (κ3) is 2.76. The number of aromatic carboxylic acids is 1. The van der Waals surface area contributed by atoms with E-state index >= 15 is 0 Å². The van der Waals surface area contributed by atoms with E-state index in [1.807, 2.05) is 26.0 Å². The number of carboxylic acid groups (broad SMARTS) is 1. The Kier molecular flexibility index (Phi) is 3.56. The number of carboxylic acids is 1. The zero-order chi connectivity index (χ0) is 14.0. The Labute approximate surface area is 112 Å². The molecule has 3 nitrogen and oxygen atoms in total. The fraction of sp³-hybridized carbons (Fsp3) is 0.188. The highest BCUT2D eigenvalue weighted by atomic mass is 16.4. The Morgan fingerprint density at radius 2 is 1.68 bits per heavy atom. The predicted molar refractivity (Wildman–Crippen MR) is 73.8 cm³/mol. The maximum atomic E-state index is 11.0. The molecular weight excluding hydrogens is 240 g/mol. The van der Waals surface area contributed by atoms with E-state index in [-0.39, 0.29) is 5.75 Å². The number of carbonyl (C=O) groups is 1. The zero-order valence-electron chi connectivity index (χ0n) is 11.0. The van der Waals surface area contributed by atoms with Crippen molar-refractivity contribution in [3.05, 3.63) is 64.2 Å². The molecule has 0 aliphatic carbocycles. The van der Waals surface area contributed by atoms with Crippen molar-refractivity contribution in [2.24, 2.45) is 0 Å². The first-order chi connectivity index (χ1) is 8.99. The monoisotopic (exact) mass is 256 g/mol. The molecule has 0 radical (unpaired) electrons. The van der Waals surface area contributed by atoms with Crippen LogP contribution in [0.15, 0.2) is 36.4 Å². The first-order valence-corrected chi connectivity index (χ1v) is 6.09. The standard InChI is InChI=1S/C16H16O3/c1-10-7-13(16(18)19)8-11(2)14(10)9-12-5-3-4-6-15(12)17/h3-8,17H,9H2,1-2H3,(H,18,19). The summed E-state index contributed by atoms with van der Waals surface area (Å²) >= 11 is 0. The second kappa shape index (κ2) is 5.14. The van der Waals surface area contributed by atoms with Gasteiger partial charge >= 0.3 is 5.97 Å². The van der Waals surface area contributed by atoms with Crippen molar-refractivity contribution in [2.45, 2.75) is 20.3 Å².